The Labute approximate surface area is 93.1 Å². The fourth-order valence-corrected chi connectivity index (χ4v) is 1.62. The van der Waals surface area contributed by atoms with Gasteiger partial charge in [0.25, 0.3) is 0 Å². The molecule has 0 unspecified atom stereocenters. The summed E-state index contributed by atoms with van der Waals surface area (Å²) in [5.41, 5.74) is 8.20. The fourth-order valence-electron chi connectivity index (χ4n) is 1.62. The summed E-state index contributed by atoms with van der Waals surface area (Å²) in [7, 11) is 2.08. The smallest absolute Gasteiger partial charge is 0.0364 e. The average molecular weight is 206 g/mol. The number of likely N-dealkylation sites (N-methyl/N-ethyl adjacent to an activating group) is 1. The molecule has 0 atom stereocenters. The second-order valence-corrected chi connectivity index (χ2v) is 3.98. The van der Waals surface area contributed by atoms with E-state index in [9.17, 15) is 0 Å². The van der Waals surface area contributed by atoms with Gasteiger partial charge in [-0.05, 0) is 30.5 Å². The van der Waals surface area contributed by atoms with Gasteiger partial charge < -0.3 is 10.6 Å². The van der Waals surface area contributed by atoms with Gasteiger partial charge in [0.05, 0.1) is 0 Å². The fraction of sp³-hybridized carbons (Fsp3) is 0.538. The van der Waals surface area contributed by atoms with Crippen molar-refractivity contribution < 1.29 is 0 Å². The zero-order valence-electron chi connectivity index (χ0n) is 9.87. The third-order valence-electron chi connectivity index (χ3n) is 2.66. The Hall–Kier alpha value is -1.02. The number of benzene rings is 1. The zero-order chi connectivity index (χ0) is 11.1. The third kappa shape index (κ3) is 3.92. The minimum atomic E-state index is 0.702. The third-order valence-corrected chi connectivity index (χ3v) is 2.66. The van der Waals surface area contributed by atoms with Crippen LogP contribution in [0.2, 0.25) is 0 Å². The highest BCUT2D eigenvalue weighted by Crippen LogP contribution is 2.14. The van der Waals surface area contributed by atoms with Crippen molar-refractivity contribution in [3.63, 3.8) is 0 Å². The standard InChI is InChI=1S/C13H22N2/c1-3-4-5-12-6-8-13(9-7-12)15(2)11-10-14/h6-9H,3-5,10-11,14H2,1-2H3. The van der Waals surface area contributed by atoms with E-state index in [1.807, 2.05) is 0 Å². The van der Waals surface area contributed by atoms with Crippen molar-refractivity contribution in [3.05, 3.63) is 29.8 Å². The highest BCUT2D eigenvalue weighted by molar-refractivity contribution is 5.46. The van der Waals surface area contributed by atoms with E-state index in [-0.39, 0.29) is 0 Å². The summed E-state index contributed by atoms with van der Waals surface area (Å²) in [5, 5.41) is 0. The Morgan fingerprint density at radius 3 is 2.40 bits per heavy atom. The first-order valence-electron chi connectivity index (χ1n) is 5.78. The molecule has 0 radical (unpaired) electrons. The van der Waals surface area contributed by atoms with Crippen LogP contribution in [0.5, 0.6) is 0 Å². The lowest BCUT2D eigenvalue weighted by Gasteiger charge is -2.18. The van der Waals surface area contributed by atoms with Gasteiger partial charge in [0.15, 0.2) is 0 Å². The molecule has 0 amide bonds. The van der Waals surface area contributed by atoms with Gasteiger partial charge in [-0.25, -0.2) is 0 Å². The van der Waals surface area contributed by atoms with Crippen LogP contribution in [0.3, 0.4) is 0 Å². The van der Waals surface area contributed by atoms with Crippen molar-refractivity contribution in [1.29, 1.82) is 0 Å². The second kappa shape index (κ2) is 6.46. The first-order chi connectivity index (χ1) is 7.27. The van der Waals surface area contributed by atoms with Crippen molar-refractivity contribution in [1.82, 2.24) is 0 Å². The predicted molar refractivity (Wildman–Crippen MR) is 67.4 cm³/mol. The van der Waals surface area contributed by atoms with E-state index in [4.69, 9.17) is 5.73 Å². The average Bonchev–Trinajstić information content (AvgIpc) is 2.27. The summed E-state index contributed by atoms with van der Waals surface area (Å²) in [5.74, 6) is 0. The number of nitrogens with two attached hydrogens (primary N) is 1. The Bertz CT molecular complexity index is 266. The molecule has 0 heterocycles. The molecule has 0 fully saturated rings. The van der Waals surface area contributed by atoms with Crippen LogP contribution < -0.4 is 10.6 Å². The quantitative estimate of drug-likeness (QED) is 0.774. The molecule has 2 N–H and O–H groups in total. The van der Waals surface area contributed by atoms with E-state index < -0.39 is 0 Å². The van der Waals surface area contributed by atoms with E-state index in [2.05, 4.69) is 43.1 Å². The highest BCUT2D eigenvalue weighted by atomic mass is 15.1. The summed E-state index contributed by atoms with van der Waals surface area (Å²) >= 11 is 0. The van der Waals surface area contributed by atoms with Crippen LogP contribution in [0.15, 0.2) is 24.3 Å². The van der Waals surface area contributed by atoms with E-state index in [1.54, 1.807) is 0 Å². The molecule has 0 saturated heterocycles. The summed E-state index contributed by atoms with van der Waals surface area (Å²) in [6.45, 7) is 3.84. The van der Waals surface area contributed by atoms with Crippen LogP contribution in [0.4, 0.5) is 5.69 Å². The number of anilines is 1. The van der Waals surface area contributed by atoms with Crippen molar-refractivity contribution in [2.24, 2.45) is 5.73 Å². The predicted octanol–water partition coefficient (Wildman–Crippen LogP) is 2.42. The maximum Gasteiger partial charge on any atom is 0.0364 e. The summed E-state index contributed by atoms with van der Waals surface area (Å²) < 4.78 is 0. The second-order valence-electron chi connectivity index (χ2n) is 3.98. The van der Waals surface area contributed by atoms with Gasteiger partial charge in [0, 0.05) is 25.8 Å². The first kappa shape index (κ1) is 12.1. The molecule has 0 spiro atoms. The molecule has 84 valence electrons. The maximum atomic E-state index is 5.52. The van der Waals surface area contributed by atoms with Crippen LogP contribution in [0.1, 0.15) is 25.3 Å². The van der Waals surface area contributed by atoms with Gasteiger partial charge in [-0.1, -0.05) is 25.5 Å². The van der Waals surface area contributed by atoms with Crippen molar-refractivity contribution in [2.45, 2.75) is 26.2 Å². The number of aryl methyl sites for hydroxylation is 1. The lowest BCUT2D eigenvalue weighted by Crippen LogP contribution is -2.24. The van der Waals surface area contributed by atoms with Gasteiger partial charge in [-0.2, -0.15) is 0 Å². The Morgan fingerprint density at radius 1 is 1.20 bits per heavy atom. The minimum Gasteiger partial charge on any atom is -0.373 e. The summed E-state index contributed by atoms with van der Waals surface area (Å²) in [4.78, 5) is 2.18. The molecule has 1 rings (SSSR count). The molecule has 15 heavy (non-hydrogen) atoms. The summed E-state index contributed by atoms with van der Waals surface area (Å²) in [6, 6.07) is 8.80. The molecule has 0 aliphatic rings. The van der Waals surface area contributed by atoms with Crippen molar-refractivity contribution in [3.8, 4) is 0 Å². The molecular formula is C13H22N2. The Kier molecular flexibility index (Phi) is 5.19. The van der Waals surface area contributed by atoms with Gasteiger partial charge in [-0.3, -0.25) is 0 Å². The number of rotatable bonds is 6. The van der Waals surface area contributed by atoms with Gasteiger partial charge in [0.1, 0.15) is 0 Å². The van der Waals surface area contributed by atoms with E-state index in [1.165, 1.54) is 30.5 Å². The number of hydrogen-bond acceptors (Lipinski definition) is 2. The van der Waals surface area contributed by atoms with E-state index >= 15 is 0 Å². The van der Waals surface area contributed by atoms with Crippen LogP contribution in [0.25, 0.3) is 0 Å². The lowest BCUT2D eigenvalue weighted by atomic mass is 10.1. The molecule has 1 aromatic carbocycles. The van der Waals surface area contributed by atoms with Gasteiger partial charge in [0.2, 0.25) is 0 Å². The molecule has 0 bridgehead atoms. The number of unbranched alkanes of at least 4 members (excludes halogenated alkanes) is 1. The monoisotopic (exact) mass is 206 g/mol. The Balaban J connectivity index is 2.55. The lowest BCUT2D eigenvalue weighted by molar-refractivity contribution is 0.794. The Morgan fingerprint density at radius 2 is 1.87 bits per heavy atom. The van der Waals surface area contributed by atoms with Crippen LogP contribution in [-0.4, -0.2) is 20.1 Å². The minimum absolute atomic E-state index is 0.702. The molecule has 0 aromatic heterocycles. The SMILES string of the molecule is CCCCc1ccc(N(C)CCN)cc1. The molecule has 0 saturated carbocycles. The van der Waals surface area contributed by atoms with Gasteiger partial charge >= 0.3 is 0 Å². The van der Waals surface area contributed by atoms with Gasteiger partial charge in [-0.15, -0.1) is 0 Å². The van der Waals surface area contributed by atoms with Crippen LogP contribution >= 0.6 is 0 Å². The van der Waals surface area contributed by atoms with E-state index in [0.29, 0.717) is 6.54 Å². The molecule has 1 aromatic rings. The maximum absolute atomic E-state index is 5.52. The van der Waals surface area contributed by atoms with E-state index in [0.717, 1.165) is 6.54 Å². The summed E-state index contributed by atoms with van der Waals surface area (Å²) in [6.07, 6.45) is 3.73. The topological polar surface area (TPSA) is 29.3 Å². The highest BCUT2D eigenvalue weighted by Gasteiger charge is 1.99. The van der Waals surface area contributed by atoms with Crippen LogP contribution in [-0.2, 0) is 6.42 Å². The zero-order valence-corrected chi connectivity index (χ0v) is 9.87. The number of nitrogens with zero attached hydrogens (tertiary/aromatic N) is 1. The molecule has 2 nitrogen and oxygen atoms in total. The largest absolute Gasteiger partial charge is 0.373 e. The molecule has 0 aliphatic carbocycles. The van der Waals surface area contributed by atoms with Crippen molar-refractivity contribution >= 4 is 5.69 Å². The van der Waals surface area contributed by atoms with Crippen LogP contribution in [0, 0.1) is 0 Å². The molecule has 2 heteroatoms. The molecular weight excluding hydrogens is 184 g/mol. The first-order valence-corrected chi connectivity index (χ1v) is 5.78. The normalized spacial score (nSPS) is 10.3. The molecule has 0 aliphatic heterocycles. The van der Waals surface area contributed by atoms with Crippen molar-refractivity contribution in [2.75, 3.05) is 25.0 Å². The number of hydrogen-bond donors (Lipinski definition) is 1.